The van der Waals surface area contributed by atoms with E-state index in [-0.39, 0.29) is 22.0 Å². The van der Waals surface area contributed by atoms with Gasteiger partial charge >= 0.3 is 5.97 Å². The molecule has 0 unspecified atom stereocenters. The number of hydrogen-bond donors (Lipinski definition) is 2. The quantitative estimate of drug-likeness (QED) is 0.636. The highest BCUT2D eigenvalue weighted by Crippen LogP contribution is 2.33. The fraction of sp³-hybridized carbons (Fsp3) is 0.385. The smallest absolute Gasteiger partial charge is 0.306 e. The maximum atomic E-state index is 12.1. The minimum atomic E-state index is -0.872. The lowest BCUT2D eigenvalue weighted by Gasteiger charge is -2.11. The Labute approximate surface area is 128 Å². The zero-order valence-electron chi connectivity index (χ0n) is 10.9. The van der Waals surface area contributed by atoms with Crippen LogP contribution in [-0.2, 0) is 9.59 Å². The van der Waals surface area contributed by atoms with Crippen molar-refractivity contribution in [1.29, 1.82) is 0 Å². The fourth-order valence-electron chi connectivity index (χ4n) is 2.42. The van der Waals surface area contributed by atoms with Crippen LogP contribution in [-0.4, -0.2) is 21.9 Å². The Hall–Kier alpha value is -1.96. The van der Waals surface area contributed by atoms with Crippen molar-refractivity contribution in [2.45, 2.75) is 19.3 Å². The van der Waals surface area contributed by atoms with Gasteiger partial charge in [-0.1, -0.05) is 0 Å². The summed E-state index contributed by atoms with van der Waals surface area (Å²) in [5, 5.41) is 22.3. The highest BCUT2D eigenvalue weighted by atomic mass is 79.9. The molecule has 0 heterocycles. The molecule has 0 aromatic heterocycles. The average Bonchev–Trinajstić information content (AvgIpc) is 2.88. The summed E-state index contributed by atoms with van der Waals surface area (Å²) in [4.78, 5) is 33.1. The Morgan fingerprint density at radius 2 is 2.00 bits per heavy atom. The van der Waals surface area contributed by atoms with E-state index in [1.54, 1.807) is 0 Å². The van der Waals surface area contributed by atoms with Crippen molar-refractivity contribution in [2.75, 3.05) is 5.32 Å². The normalized spacial score (nSPS) is 21.0. The van der Waals surface area contributed by atoms with Gasteiger partial charge in [-0.05, 0) is 47.3 Å². The predicted molar refractivity (Wildman–Crippen MR) is 77.9 cm³/mol. The number of anilines is 1. The van der Waals surface area contributed by atoms with Crippen LogP contribution < -0.4 is 5.32 Å². The van der Waals surface area contributed by atoms with Crippen molar-refractivity contribution in [3.63, 3.8) is 0 Å². The Morgan fingerprint density at radius 3 is 2.52 bits per heavy atom. The first-order valence-corrected chi connectivity index (χ1v) is 7.15. The number of carboxylic acids is 1. The third kappa shape index (κ3) is 3.57. The van der Waals surface area contributed by atoms with Crippen molar-refractivity contribution < 1.29 is 19.6 Å². The largest absolute Gasteiger partial charge is 0.481 e. The summed E-state index contributed by atoms with van der Waals surface area (Å²) in [6, 6.07) is 4.21. The fourth-order valence-corrected chi connectivity index (χ4v) is 2.94. The molecule has 1 fully saturated rings. The second kappa shape index (κ2) is 6.21. The van der Waals surface area contributed by atoms with E-state index < -0.39 is 16.8 Å². The number of hydrogen-bond acceptors (Lipinski definition) is 4. The topological polar surface area (TPSA) is 110 Å². The van der Waals surface area contributed by atoms with Gasteiger partial charge in [0.1, 0.15) is 0 Å². The minimum Gasteiger partial charge on any atom is -0.481 e. The lowest BCUT2D eigenvalue weighted by molar-refractivity contribution is -0.385. The third-order valence-corrected chi connectivity index (χ3v) is 4.20. The van der Waals surface area contributed by atoms with Crippen molar-refractivity contribution >= 4 is 39.2 Å². The molecule has 0 radical (unpaired) electrons. The van der Waals surface area contributed by atoms with Crippen LogP contribution in [0.3, 0.4) is 0 Å². The molecule has 7 nitrogen and oxygen atoms in total. The number of carbonyl (C=O) groups excluding carboxylic acids is 1. The molecule has 21 heavy (non-hydrogen) atoms. The summed E-state index contributed by atoms with van der Waals surface area (Å²) < 4.78 is 0.278. The zero-order valence-corrected chi connectivity index (χ0v) is 12.5. The molecule has 1 aromatic carbocycles. The Kier molecular flexibility index (Phi) is 4.56. The summed E-state index contributed by atoms with van der Waals surface area (Å²) >= 11 is 3.08. The first kappa shape index (κ1) is 15.4. The molecule has 0 aliphatic heterocycles. The molecule has 1 saturated carbocycles. The van der Waals surface area contributed by atoms with Gasteiger partial charge in [-0.2, -0.15) is 0 Å². The van der Waals surface area contributed by atoms with Crippen molar-refractivity contribution in [1.82, 2.24) is 0 Å². The Morgan fingerprint density at radius 1 is 1.33 bits per heavy atom. The molecule has 1 aliphatic carbocycles. The van der Waals surface area contributed by atoms with Crippen LogP contribution in [0.4, 0.5) is 11.4 Å². The average molecular weight is 357 g/mol. The number of nitro groups is 1. The molecule has 0 spiro atoms. The van der Waals surface area contributed by atoms with Crippen LogP contribution in [0.25, 0.3) is 0 Å². The molecule has 0 bridgehead atoms. The van der Waals surface area contributed by atoms with Crippen LogP contribution in [0.2, 0.25) is 0 Å². The van der Waals surface area contributed by atoms with E-state index in [2.05, 4.69) is 21.2 Å². The van der Waals surface area contributed by atoms with Gasteiger partial charge in [0.25, 0.3) is 5.69 Å². The molecule has 112 valence electrons. The van der Waals surface area contributed by atoms with Crippen LogP contribution in [0, 0.1) is 22.0 Å². The summed E-state index contributed by atoms with van der Waals surface area (Å²) in [6.07, 6.45) is 1.36. The highest BCUT2D eigenvalue weighted by molar-refractivity contribution is 9.10. The monoisotopic (exact) mass is 356 g/mol. The van der Waals surface area contributed by atoms with Gasteiger partial charge in [0, 0.05) is 17.7 Å². The molecule has 8 heteroatoms. The second-order valence-electron chi connectivity index (χ2n) is 4.96. The molecular weight excluding hydrogens is 344 g/mol. The van der Waals surface area contributed by atoms with E-state index >= 15 is 0 Å². The second-order valence-corrected chi connectivity index (χ2v) is 5.81. The van der Waals surface area contributed by atoms with Crippen LogP contribution in [0.15, 0.2) is 22.7 Å². The molecule has 1 aliphatic rings. The van der Waals surface area contributed by atoms with Gasteiger partial charge < -0.3 is 10.4 Å². The summed E-state index contributed by atoms with van der Waals surface area (Å²) in [5.41, 5.74) is 0.357. The summed E-state index contributed by atoms with van der Waals surface area (Å²) in [6.45, 7) is 0. The number of nitrogens with zero attached hydrogens (tertiary/aromatic N) is 1. The maximum absolute atomic E-state index is 12.1. The number of amides is 1. The number of nitro benzene ring substituents is 1. The molecule has 0 saturated heterocycles. The Balaban J connectivity index is 2.02. The summed E-state index contributed by atoms with van der Waals surface area (Å²) in [7, 11) is 0. The number of nitrogens with one attached hydrogen (secondary N) is 1. The van der Waals surface area contributed by atoms with Crippen LogP contribution in [0.5, 0.6) is 0 Å². The van der Waals surface area contributed by atoms with E-state index in [0.29, 0.717) is 24.9 Å². The van der Waals surface area contributed by atoms with Gasteiger partial charge in [-0.15, -0.1) is 0 Å². The number of rotatable bonds is 4. The molecule has 2 rings (SSSR count). The number of halogens is 1. The van der Waals surface area contributed by atoms with Crippen molar-refractivity contribution in [3.8, 4) is 0 Å². The lowest BCUT2D eigenvalue weighted by Crippen LogP contribution is -2.21. The Bertz CT molecular complexity index is 604. The number of benzene rings is 1. The standard InChI is InChI=1S/C13H13BrN2O5/c14-10-6-9(3-4-11(10)16(20)21)15-12(17)7-1-2-8(5-7)13(18)19/h3-4,6-8H,1-2,5H2,(H,15,17)(H,18,19)/t7-,8+/m1/s1. The van der Waals surface area contributed by atoms with Gasteiger partial charge in [-0.3, -0.25) is 19.7 Å². The first-order chi connectivity index (χ1) is 9.88. The molecule has 1 aromatic rings. The van der Waals surface area contributed by atoms with E-state index in [1.165, 1.54) is 18.2 Å². The zero-order chi connectivity index (χ0) is 15.6. The predicted octanol–water partition coefficient (Wildman–Crippen LogP) is 2.80. The van der Waals surface area contributed by atoms with E-state index in [1.807, 2.05) is 0 Å². The van der Waals surface area contributed by atoms with E-state index in [9.17, 15) is 19.7 Å². The SMILES string of the molecule is O=C(O)[C@H]1CC[C@@H](C(=O)Nc2ccc([N+](=O)[O-])c(Br)c2)C1. The molecular formula is C13H13BrN2O5. The molecule has 1 amide bonds. The first-order valence-electron chi connectivity index (χ1n) is 6.36. The van der Waals surface area contributed by atoms with E-state index in [4.69, 9.17) is 5.11 Å². The highest BCUT2D eigenvalue weighted by Gasteiger charge is 2.33. The van der Waals surface area contributed by atoms with Crippen LogP contribution in [0.1, 0.15) is 19.3 Å². The van der Waals surface area contributed by atoms with Crippen molar-refractivity contribution in [2.24, 2.45) is 11.8 Å². The number of carbonyl (C=O) groups is 2. The molecule has 2 atom stereocenters. The lowest BCUT2D eigenvalue weighted by atomic mass is 10.0. The minimum absolute atomic E-state index is 0.0835. The summed E-state index contributed by atoms with van der Waals surface area (Å²) in [5.74, 6) is -1.92. The van der Waals surface area contributed by atoms with Crippen LogP contribution >= 0.6 is 15.9 Å². The maximum Gasteiger partial charge on any atom is 0.306 e. The van der Waals surface area contributed by atoms with Gasteiger partial charge in [0.15, 0.2) is 0 Å². The van der Waals surface area contributed by atoms with Crippen molar-refractivity contribution in [3.05, 3.63) is 32.8 Å². The number of aliphatic carboxylic acids is 1. The third-order valence-electron chi connectivity index (χ3n) is 3.56. The van der Waals surface area contributed by atoms with E-state index in [0.717, 1.165) is 0 Å². The number of carboxylic acid groups (broad SMARTS) is 1. The van der Waals surface area contributed by atoms with Gasteiger partial charge in [0.05, 0.1) is 15.3 Å². The van der Waals surface area contributed by atoms with Gasteiger partial charge in [-0.25, -0.2) is 0 Å². The molecule has 2 N–H and O–H groups in total. The van der Waals surface area contributed by atoms with Gasteiger partial charge in [0.2, 0.25) is 5.91 Å².